The van der Waals surface area contributed by atoms with Gasteiger partial charge in [-0.25, -0.2) is 0 Å². The Balaban J connectivity index is 0.00000289. The molecular formula is C13H21ClN2O2. The van der Waals surface area contributed by atoms with Crippen molar-refractivity contribution in [3.8, 4) is 0 Å². The van der Waals surface area contributed by atoms with Gasteiger partial charge in [0.15, 0.2) is 0 Å². The van der Waals surface area contributed by atoms with Gasteiger partial charge in [-0.15, -0.1) is 12.4 Å². The zero-order valence-electron chi connectivity index (χ0n) is 10.8. The van der Waals surface area contributed by atoms with Gasteiger partial charge in [-0.2, -0.15) is 0 Å². The molecule has 0 saturated carbocycles. The number of rotatable bonds is 6. The summed E-state index contributed by atoms with van der Waals surface area (Å²) in [6.07, 6.45) is 1.01. The van der Waals surface area contributed by atoms with Crippen LogP contribution in [0, 0.1) is 0 Å². The number of nitrogens with two attached hydrogens (primary N) is 1. The number of hydrogen-bond acceptors (Lipinski definition) is 3. The van der Waals surface area contributed by atoms with Crippen molar-refractivity contribution < 1.29 is 9.53 Å². The first kappa shape index (κ1) is 16.9. The van der Waals surface area contributed by atoms with E-state index in [1.807, 2.05) is 38.1 Å². The van der Waals surface area contributed by atoms with Gasteiger partial charge in [-0.1, -0.05) is 19.1 Å². The minimum absolute atomic E-state index is 0. The van der Waals surface area contributed by atoms with Crippen molar-refractivity contribution >= 4 is 24.0 Å². The van der Waals surface area contributed by atoms with Crippen LogP contribution in [0.15, 0.2) is 24.3 Å². The summed E-state index contributed by atoms with van der Waals surface area (Å²) in [6.45, 7) is 4.57. The van der Waals surface area contributed by atoms with Crippen LogP contribution in [0.3, 0.4) is 0 Å². The van der Waals surface area contributed by atoms with E-state index in [0.29, 0.717) is 6.54 Å². The topological polar surface area (TPSA) is 64.3 Å². The van der Waals surface area contributed by atoms with Crippen molar-refractivity contribution in [2.45, 2.75) is 32.9 Å². The third-order valence-electron chi connectivity index (χ3n) is 2.55. The number of carbonyl (C=O) groups excluding carboxylic acids is 1. The van der Waals surface area contributed by atoms with Gasteiger partial charge in [0.05, 0.1) is 6.10 Å². The van der Waals surface area contributed by atoms with Crippen molar-refractivity contribution in [1.82, 2.24) is 0 Å². The molecule has 102 valence electrons. The van der Waals surface area contributed by atoms with Gasteiger partial charge < -0.3 is 15.8 Å². The average molecular weight is 273 g/mol. The van der Waals surface area contributed by atoms with Crippen LogP contribution in [0.2, 0.25) is 0 Å². The molecule has 0 radical (unpaired) electrons. The number of carbonyl (C=O) groups is 1. The lowest BCUT2D eigenvalue weighted by Gasteiger charge is -2.10. The molecule has 18 heavy (non-hydrogen) atoms. The van der Waals surface area contributed by atoms with Crippen LogP contribution in [0.25, 0.3) is 0 Å². The lowest BCUT2D eigenvalue weighted by molar-refractivity contribution is -0.122. The predicted molar refractivity (Wildman–Crippen MR) is 75.9 cm³/mol. The molecule has 0 spiro atoms. The number of benzene rings is 1. The Labute approximate surface area is 114 Å². The van der Waals surface area contributed by atoms with Crippen molar-refractivity contribution in [3.05, 3.63) is 29.8 Å². The summed E-state index contributed by atoms with van der Waals surface area (Å²) in [7, 11) is 0. The van der Waals surface area contributed by atoms with E-state index in [0.717, 1.165) is 17.7 Å². The highest BCUT2D eigenvalue weighted by Gasteiger charge is 2.05. The van der Waals surface area contributed by atoms with Crippen molar-refractivity contribution in [1.29, 1.82) is 0 Å². The highest BCUT2D eigenvalue weighted by Crippen LogP contribution is 2.09. The summed E-state index contributed by atoms with van der Waals surface area (Å²) in [4.78, 5) is 11.5. The molecular weight excluding hydrogens is 252 g/mol. The fourth-order valence-corrected chi connectivity index (χ4v) is 1.26. The monoisotopic (exact) mass is 272 g/mol. The molecule has 0 aliphatic carbocycles. The van der Waals surface area contributed by atoms with E-state index in [9.17, 15) is 4.79 Å². The van der Waals surface area contributed by atoms with Gasteiger partial charge in [0.25, 0.3) is 0 Å². The summed E-state index contributed by atoms with van der Waals surface area (Å²) in [5, 5.41) is 2.77. The molecule has 1 rings (SSSR count). The maximum atomic E-state index is 11.5. The van der Waals surface area contributed by atoms with Gasteiger partial charge in [-0.05, 0) is 31.0 Å². The highest BCUT2D eigenvalue weighted by molar-refractivity contribution is 5.91. The van der Waals surface area contributed by atoms with Crippen molar-refractivity contribution in [3.63, 3.8) is 0 Å². The SMILES string of the molecule is CCC(C)OCC(=O)Nc1ccc(CN)cc1.Cl. The molecule has 0 aliphatic heterocycles. The van der Waals surface area contributed by atoms with E-state index < -0.39 is 0 Å². The number of ether oxygens (including phenoxy) is 1. The van der Waals surface area contributed by atoms with Gasteiger partial charge >= 0.3 is 0 Å². The summed E-state index contributed by atoms with van der Waals surface area (Å²) >= 11 is 0. The minimum atomic E-state index is -0.134. The summed E-state index contributed by atoms with van der Waals surface area (Å²) in [6, 6.07) is 7.46. The van der Waals surface area contributed by atoms with E-state index in [-0.39, 0.29) is 31.0 Å². The maximum absolute atomic E-state index is 11.5. The maximum Gasteiger partial charge on any atom is 0.250 e. The van der Waals surface area contributed by atoms with Gasteiger partial charge in [0.1, 0.15) is 6.61 Å². The average Bonchev–Trinajstić information content (AvgIpc) is 2.36. The fraction of sp³-hybridized carbons (Fsp3) is 0.462. The zero-order valence-corrected chi connectivity index (χ0v) is 11.6. The Morgan fingerprint density at radius 1 is 1.39 bits per heavy atom. The fourth-order valence-electron chi connectivity index (χ4n) is 1.26. The standard InChI is InChI=1S/C13H20N2O2.ClH/c1-3-10(2)17-9-13(16)15-12-6-4-11(8-14)5-7-12;/h4-7,10H,3,8-9,14H2,1-2H3,(H,15,16);1H. The molecule has 0 bridgehead atoms. The molecule has 0 saturated heterocycles. The molecule has 5 heteroatoms. The van der Waals surface area contributed by atoms with Crippen LogP contribution < -0.4 is 11.1 Å². The summed E-state index contributed by atoms with van der Waals surface area (Å²) in [5.74, 6) is -0.134. The molecule has 0 fully saturated rings. The van der Waals surface area contributed by atoms with Gasteiger partial charge in [0.2, 0.25) is 5.91 Å². The minimum Gasteiger partial charge on any atom is -0.369 e. The smallest absolute Gasteiger partial charge is 0.250 e. The quantitative estimate of drug-likeness (QED) is 0.835. The van der Waals surface area contributed by atoms with Crippen LogP contribution in [-0.4, -0.2) is 18.6 Å². The lowest BCUT2D eigenvalue weighted by Crippen LogP contribution is -2.21. The highest BCUT2D eigenvalue weighted by atomic mass is 35.5. The summed E-state index contributed by atoms with van der Waals surface area (Å²) in [5.41, 5.74) is 7.29. The van der Waals surface area contributed by atoms with Crippen molar-refractivity contribution in [2.24, 2.45) is 5.73 Å². The van der Waals surface area contributed by atoms with Gasteiger partial charge in [-0.3, -0.25) is 4.79 Å². The second kappa shape index (κ2) is 8.91. The number of halogens is 1. The molecule has 1 amide bonds. The number of hydrogen-bond donors (Lipinski definition) is 2. The Morgan fingerprint density at radius 2 is 2.00 bits per heavy atom. The number of amides is 1. The predicted octanol–water partition coefficient (Wildman–Crippen LogP) is 2.32. The first-order valence-electron chi connectivity index (χ1n) is 5.86. The first-order chi connectivity index (χ1) is 8.15. The molecule has 3 N–H and O–H groups in total. The van der Waals surface area contributed by atoms with E-state index in [4.69, 9.17) is 10.5 Å². The largest absolute Gasteiger partial charge is 0.369 e. The molecule has 4 nitrogen and oxygen atoms in total. The third-order valence-corrected chi connectivity index (χ3v) is 2.55. The van der Waals surface area contributed by atoms with Crippen LogP contribution in [0.4, 0.5) is 5.69 Å². The molecule has 1 aromatic rings. The molecule has 1 unspecified atom stereocenters. The number of anilines is 1. The van der Waals surface area contributed by atoms with Crippen LogP contribution >= 0.6 is 12.4 Å². The van der Waals surface area contributed by atoms with E-state index in [2.05, 4.69) is 5.32 Å². The van der Waals surface area contributed by atoms with Gasteiger partial charge in [0, 0.05) is 12.2 Å². The van der Waals surface area contributed by atoms with E-state index in [1.54, 1.807) is 0 Å². The second-order valence-corrected chi connectivity index (χ2v) is 3.98. The first-order valence-corrected chi connectivity index (χ1v) is 5.86. The van der Waals surface area contributed by atoms with E-state index in [1.165, 1.54) is 0 Å². The Hall–Kier alpha value is -1.10. The molecule has 0 aliphatic rings. The second-order valence-electron chi connectivity index (χ2n) is 3.98. The Morgan fingerprint density at radius 3 is 2.50 bits per heavy atom. The molecule has 0 aromatic heterocycles. The molecule has 1 aromatic carbocycles. The van der Waals surface area contributed by atoms with Crippen LogP contribution in [0.5, 0.6) is 0 Å². The van der Waals surface area contributed by atoms with Crippen molar-refractivity contribution in [2.75, 3.05) is 11.9 Å². The third kappa shape index (κ3) is 6.00. The van der Waals surface area contributed by atoms with E-state index >= 15 is 0 Å². The zero-order chi connectivity index (χ0) is 12.7. The lowest BCUT2D eigenvalue weighted by atomic mass is 10.2. The Kier molecular flexibility index (Phi) is 8.37. The van der Waals surface area contributed by atoms with Crippen LogP contribution in [-0.2, 0) is 16.1 Å². The number of nitrogens with one attached hydrogen (secondary N) is 1. The Bertz CT molecular complexity index is 355. The molecule has 0 heterocycles. The normalized spacial score (nSPS) is 11.5. The van der Waals surface area contributed by atoms with Crippen LogP contribution in [0.1, 0.15) is 25.8 Å². The summed E-state index contributed by atoms with van der Waals surface area (Å²) < 4.78 is 5.34. The molecule has 1 atom stereocenters.